The standard InChI is InChI=1S/C24H26FN5O3/c1-17(30-12-10-29(11-13-30)16-18-2-9-23(31)27-14-18)24(32)28-22-8-7-21(15-26-22)33-20-5-3-19(25)4-6-20/h2-9,14-15,17H,10-13,16H2,1H3,(H,27,31)(H,26,28,32). The van der Waals surface area contributed by atoms with Crippen molar-refractivity contribution in [2.75, 3.05) is 31.5 Å². The molecule has 1 fully saturated rings. The van der Waals surface area contributed by atoms with Crippen molar-refractivity contribution in [2.24, 2.45) is 0 Å². The highest BCUT2D eigenvalue weighted by atomic mass is 19.1. The molecule has 0 saturated carbocycles. The van der Waals surface area contributed by atoms with E-state index >= 15 is 0 Å². The Morgan fingerprint density at radius 3 is 2.45 bits per heavy atom. The first-order valence-corrected chi connectivity index (χ1v) is 10.8. The molecule has 4 rings (SSSR count). The normalized spacial score (nSPS) is 15.7. The van der Waals surface area contributed by atoms with Gasteiger partial charge < -0.3 is 15.0 Å². The molecule has 1 aliphatic rings. The summed E-state index contributed by atoms with van der Waals surface area (Å²) in [6.45, 7) is 5.88. The maximum absolute atomic E-state index is 13.0. The highest BCUT2D eigenvalue weighted by molar-refractivity contribution is 5.93. The first-order valence-electron chi connectivity index (χ1n) is 10.8. The van der Waals surface area contributed by atoms with Crippen LogP contribution in [0.25, 0.3) is 0 Å². The second-order valence-electron chi connectivity index (χ2n) is 7.97. The zero-order valence-electron chi connectivity index (χ0n) is 18.3. The summed E-state index contributed by atoms with van der Waals surface area (Å²) in [7, 11) is 0. The number of anilines is 1. The highest BCUT2D eigenvalue weighted by Crippen LogP contribution is 2.22. The Kier molecular flexibility index (Phi) is 7.11. The largest absolute Gasteiger partial charge is 0.456 e. The lowest BCUT2D eigenvalue weighted by Crippen LogP contribution is -2.52. The monoisotopic (exact) mass is 451 g/mol. The topological polar surface area (TPSA) is 90.6 Å². The molecule has 0 aliphatic carbocycles. The van der Waals surface area contributed by atoms with Gasteiger partial charge in [0, 0.05) is 45.0 Å². The predicted octanol–water partition coefficient (Wildman–Crippen LogP) is 2.85. The van der Waals surface area contributed by atoms with Gasteiger partial charge in [-0.15, -0.1) is 0 Å². The number of halogens is 1. The number of H-pyrrole nitrogens is 1. The first kappa shape index (κ1) is 22.6. The van der Waals surface area contributed by atoms with Crippen molar-refractivity contribution in [1.82, 2.24) is 19.8 Å². The van der Waals surface area contributed by atoms with Crippen molar-refractivity contribution in [1.29, 1.82) is 0 Å². The molecule has 1 amide bonds. The van der Waals surface area contributed by atoms with Crippen LogP contribution in [-0.2, 0) is 11.3 Å². The molecule has 1 aromatic carbocycles. The molecule has 2 N–H and O–H groups in total. The molecule has 9 heteroatoms. The number of hydrogen-bond donors (Lipinski definition) is 2. The van der Waals surface area contributed by atoms with Gasteiger partial charge in [-0.05, 0) is 48.9 Å². The summed E-state index contributed by atoms with van der Waals surface area (Å²) >= 11 is 0. The van der Waals surface area contributed by atoms with Gasteiger partial charge in [-0.25, -0.2) is 9.37 Å². The van der Waals surface area contributed by atoms with Crippen molar-refractivity contribution in [3.63, 3.8) is 0 Å². The van der Waals surface area contributed by atoms with E-state index in [9.17, 15) is 14.0 Å². The smallest absolute Gasteiger partial charge is 0.247 e. The molecule has 2 aromatic heterocycles. The lowest BCUT2D eigenvalue weighted by molar-refractivity contribution is -0.121. The number of carbonyl (C=O) groups excluding carboxylic acids is 1. The minimum absolute atomic E-state index is 0.104. The summed E-state index contributed by atoms with van der Waals surface area (Å²) in [5.74, 6) is 0.983. The van der Waals surface area contributed by atoms with Gasteiger partial charge in [0.25, 0.3) is 0 Å². The minimum atomic E-state index is -0.331. The zero-order chi connectivity index (χ0) is 23.2. The lowest BCUT2D eigenvalue weighted by Gasteiger charge is -2.37. The Labute approximate surface area is 191 Å². The van der Waals surface area contributed by atoms with E-state index in [1.54, 1.807) is 18.3 Å². The summed E-state index contributed by atoms with van der Waals surface area (Å²) in [5, 5.41) is 2.85. The molecule has 1 atom stereocenters. The van der Waals surface area contributed by atoms with Gasteiger partial charge in [-0.1, -0.05) is 6.07 Å². The van der Waals surface area contributed by atoms with Crippen molar-refractivity contribution in [2.45, 2.75) is 19.5 Å². The maximum atomic E-state index is 13.0. The molecule has 0 bridgehead atoms. The van der Waals surface area contributed by atoms with Crippen molar-refractivity contribution in [3.8, 4) is 11.5 Å². The predicted molar refractivity (Wildman–Crippen MR) is 123 cm³/mol. The van der Waals surface area contributed by atoms with E-state index in [4.69, 9.17) is 4.74 Å². The van der Waals surface area contributed by atoms with Crippen molar-refractivity contribution >= 4 is 11.7 Å². The number of nitrogens with one attached hydrogen (secondary N) is 2. The Morgan fingerprint density at radius 1 is 1.09 bits per heavy atom. The van der Waals surface area contributed by atoms with Gasteiger partial charge in [-0.2, -0.15) is 0 Å². The molecule has 1 saturated heterocycles. The van der Waals surface area contributed by atoms with Crippen LogP contribution >= 0.6 is 0 Å². The number of hydrogen-bond acceptors (Lipinski definition) is 6. The van der Waals surface area contributed by atoms with Crippen molar-refractivity contribution in [3.05, 3.63) is 82.7 Å². The average Bonchev–Trinajstić information content (AvgIpc) is 2.83. The molecular weight excluding hydrogens is 425 g/mol. The number of rotatable bonds is 7. The molecule has 1 aliphatic heterocycles. The van der Waals surface area contributed by atoms with E-state index in [0.717, 1.165) is 38.3 Å². The molecule has 8 nitrogen and oxygen atoms in total. The third kappa shape index (κ3) is 6.24. The third-order valence-corrected chi connectivity index (χ3v) is 5.63. The number of benzene rings is 1. The molecule has 0 radical (unpaired) electrons. The van der Waals surface area contributed by atoms with Gasteiger partial charge in [0.05, 0.1) is 12.2 Å². The summed E-state index contributed by atoms with van der Waals surface area (Å²) < 4.78 is 18.6. The van der Waals surface area contributed by atoms with E-state index < -0.39 is 0 Å². The summed E-state index contributed by atoms with van der Waals surface area (Å²) in [5.41, 5.74) is 0.958. The fourth-order valence-electron chi connectivity index (χ4n) is 3.66. The first-order chi connectivity index (χ1) is 16.0. The number of piperazine rings is 1. The third-order valence-electron chi connectivity index (χ3n) is 5.63. The molecule has 1 unspecified atom stereocenters. The van der Waals surface area contributed by atoms with Crippen LogP contribution < -0.4 is 15.6 Å². The van der Waals surface area contributed by atoms with Crippen LogP contribution in [0.3, 0.4) is 0 Å². The molecule has 172 valence electrons. The van der Waals surface area contributed by atoms with Crippen LogP contribution in [0.5, 0.6) is 11.5 Å². The van der Waals surface area contributed by atoms with E-state index in [1.165, 1.54) is 36.5 Å². The summed E-state index contributed by atoms with van der Waals surface area (Å²) in [4.78, 5) is 35.3. The number of ether oxygens (including phenoxy) is 1. The maximum Gasteiger partial charge on any atom is 0.247 e. The number of nitrogens with zero attached hydrogens (tertiary/aromatic N) is 3. The van der Waals surface area contributed by atoms with E-state index in [2.05, 4.69) is 25.1 Å². The van der Waals surface area contributed by atoms with Gasteiger partial charge in [0.15, 0.2) is 0 Å². The Balaban J connectivity index is 1.25. The summed E-state index contributed by atoms with van der Waals surface area (Å²) in [6, 6.07) is 12.2. The number of aromatic nitrogens is 2. The fraction of sp³-hybridized carbons (Fsp3) is 0.292. The molecule has 3 heterocycles. The van der Waals surface area contributed by atoms with Crippen molar-refractivity contribution < 1.29 is 13.9 Å². The molecular formula is C24H26FN5O3. The van der Waals surface area contributed by atoms with Crippen LogP contribution in [0.1, 0.15) is 12.5 Å². The van der Waals surface area contributed by atoms with E-state index in [0.29, 0.717) is 17.3 Å². The van der Waals surface area contributed by atoms with Gasteiger partial charge in [0.1, 0.15) is 23.1 Å². The Morgan fingerprint density at radius 2 is 1.82 bits per heavy atom. The Hall–Kier alpha value is -3.56. The highest BCUT2D eigenvalue weighted by Gasteiger charge is 2.25. The quantitative estimate of drug-likeness (QED) is 0.574. The second kappa shape index (κ2) is 10.4. The van der Waals surface area contributed by atoms with Gasteiger partial charge in [0.2, 0.25) is 11.5 Å². The van der Waals surface area contributed by atoms with E-state index in [1.807, 2.05) is 13.0 Å². The average molecular weight is 452 g/mol. The molecule has 33 heavy (non-hydrogen) atoms. The fourth-order valence-corrected chi connectivity index (χ4v) is 3.66. The SMILES string of the molecule is CC(C(=O)Nc1ccc(Oc2ccc(F)cc2)cn1)N1CCN(Cc2ccc(=O)[nH]c2)CC1. The molecule has 0 spiro atoms. The van der Waals surface area contributed by atoms with Gasteiger partial charge >= 0.3 is 0 Å². The van der Waals surface area contributed by atoms with E-state index in [-0.39, 0.29) is 23.3 Å². The van der Waals surface area contributed by atoms with Crippen LogP contribution in [0.4, 0.5) is 10.2 Å². The molecule has 3 aromatic rings. The number of carbonyl (C=O) groups is 1. The number of aromatic amines is 1. The lowest BCUT2D eigenvalue weighted by atomic mass is 10.2. The second-order valence-corrected chi connectivity index (χ2v) is 7.97. The number of amides is 1. The minimum Gasteiger partial charge on any atom is -0.456 e. The summed E-state index contributed by atoms with van der Waals surface area (Å²) in [6.07, 6.45) is 3.26. The van der Waals surface area contributed by atoms with Crippen LogP contribution in [0, 0.1) is 5.82 Å². The van der Waals surface area contributed by atoms with Crippen LogP contribution in [0.15, 0.2) is 65.7 Å². The van der Waals surface area contributed by atoms with Crippen LogP contribution in [-0.4, -0.2) is 57.9 Å². The number of pyridine rings is 2. The Bertz CT molecular complexity index is 1110. The van der Waals surface area contributed by atoms with Crippen LogP contribution in [0.2, 0.25) is 0 Å². The zero-order valence-corrected chi connectivity index (χ0v) is 18.3. The van der Waals surface area contributed by atoms with Gasteiger partial charge in [-0.3, -0.25) is 19.4 Å².